The molecule has 1 aromatic heterocycles. The Hall–Kier alpha value is -1.33. The van der Waals surface area contributed by atoms with Crippen LogP contribution in [-0.2, 0) is 25.2 Å². The van der Waals surface area contributed by atoms with Crippen LogP contribution in [0.1, 0.15) is 82.9 Å². The maximum atomic E-state index is 12.2. The molecule has 0 aromatic carbocycles. The molecule has 12 heteroatoms. The third-order valence-corrected chi connectivity index (χ3v) is 6.10. The van der Waals surface area contributed by atoms with Crippen LogP contribution in [0.15, 0.2) is 15.8 Å². The number of aliphatic hydroxyl groups excluding tert-OH is 1. The fourth-order valence-corrected chi connectivity index (χ4v) is 4.09. The van der Waals surface area contributed by atoms with E-state index in [9.17, 15) is 19.3 Å². The number of unbranched alkanes of at least 4 members (excludes halogenated alkanes) is 8. The van der Waals surface area contributed by atoms with Crippen LogP contribution in [0.3, 0.4) is 0 Å². The molecule has 0 saturated carbocycles. The van der Waals surface area contributed by atoms with Gasteiger partial charge in [0.05, 0.1) is 24.9 Å². The van der Waals surface area contributed by atoms with E-state index in [1.165, 1.54) is 44.7 Å². The van der Waals surface area contributed by atoms with Crippen molar-refractivity contribution in [2.75, 3.05) is 13.2 Å². The highest BCUT2D eigenvalue weighted by molar-refractivity contribution is 7.46. The minimum Gasteiger partial charge on any atom is -0.390 e. The van der Waals surface area contributed by atoms with Gasteiger partial charge in [-0.1, -0.05) is 58.3 Å². The summed E-state index contributed by atoms with van der Waals surface area (Å²) in [6, 6.07) is 0. The SMILES string of the molecule is CCCCCCCCCCCOCc1cn([C@H]2CC(O)[C@@H](COP(=O)(O)O)O2)c(=O)[nH]c1=O. The van der Waals surface area contributed by atoms with Gasteiger partial charge in [-0.05, 0) is 6.42 Å². The van der Waals surface area contributed by atoms with E-state index in [-0.39, 0.29) is 18.6 Å². The highest BCUT2D eigenvalue weighted by atomic mass is 31.2. The molecule has 0 spiro atoms. The monoisotopic (exact) mass is 492 g/mol. The van der Waals surface area contributed by atoms with Gasteiger partial charge in [-0.2, -0.15) is 0 Å². The molecule has 1 aliphatic heterocycles. The number of rotatable bonds is 16. The average molecular weight is 493 g/mol. The molecule has 2 rings (SSSR count). The first kappa shape index (κ1) is 27.9. The van der Waals surface area contributed by atoms with Crippen molar-refractivity contribution in [2.24, 2.45) is 0 Å². The van der Waals surface area contributed by atoms with Crippen molar-refractivity contribution >= 4 is 7.82 Å². The van der Waals surface area contributed by atoms with E-state index in [2.05, 4.69) is 16.4 Å². The predicted octanol–water partition coefficient (Wildman–Crippen LogP) is 2.34. The van der Waals surface area contributed by atoms with Gasteiger partial charge in [-0.15, -0.1) is 0 Å². The summed E-state index contributed by atoms with van der Waals surface area (Å²) >= 11 is 0. The Balaban J connectivity index is 1.78. The molecule has 1 aromatic rings. The molecule has 190 valence electrons. The number of nitrogens with one attached hydrogen (secondary N) is 1. The number of ether oxygens (including phenoxy) is 2. The number of hydrogen-bond donors (Lipinski definition) is 4. The molecule has 4 N–H and O–H groups in total. The van der Waals surface area contributed by atoms with Crippen LogP contribution in [0.25, 0.3) is 0 Å². The number of aromatic amines is 1. The molecular weight excluding hydrogens is 455 g/mol. The first-order valence-corrected chi connectivity index (χ1v) is 13.2. The molecule has 1 fully saturated rings. The van der Waals surface area contributed by atoms with Gasteiger partial charge in [0, 0.05) is 19.2 Å². The first-order valence-electron chi connectivity index (χ1n) is 11.7. The summed E-state index contributed by atoms with van der Waals surface area (Å²) in [5.74, 6) is 0. The number of aromatic nitrogens is 2. The van der Waals surface area contributed by atoms with Crippen molar-refractivity contribution in [1.29, 1.82) is 0 Å². The zero-order valence-electron chi connectivity index (χ0n) is 19.2. The fourth-order valence-electron chi connectivity index (χ4n) is 3.75. The Kier molecular flexibility index (Phi) is 12.0. The standard InChI is InChI=1S/C21H37N2O9P/c1-2-3-4-5-6-7-8-9-10-11-30-14-16-13-23(21(26)22-20(16)25)19-12-17(24)18(32-19)15-31-33(27,28)29/h13,17-19,24H,2-12,14-15H2,1H3,(H,22,25,26)(H2,27,28,29)/t17?,18-,19-/m1/s1. The molecular formula is C21H37N2O9P. The lowest BCUT2D eigenvalue weighted by molar-refractivity contribution is -0.0453. The summed E-state index contributed by atoms with van der Waals surface area (Å²) in [6.45, 7) is 2.22. The summed E-state index contributed by atoms with van der Waals surface area (Å²) in [6.07, 6.45) is 9.08. The number of phosphoric acid groups is 1. The van der Waals surface area contributed by atoms with Crippen molar-refractivity contribution in [2.45, 2.75) is 96.2 Å². The van der Waals surface area contributed by atoms with Crippen LogP contribution in [0.5, 0.6) is 0 Å². The second-order valence-electron chi connectivity index (χ2n) is 8.42. The second-order valence-corrected chi connectivity index (χ2v) is 9.66. The van der Waals surface area contributed by atoms with Gasteiger partial charge in [-0.3, -0.25) is 18.9 Å². The number of H-pyrrole nitrogens is 1. The Morgan fingerprint density at radius 1 is 1.12 bits per heavy atom. The summed E-state index contributed by atoms with van der Waals surface area (Å²) in [5.41, 5.74) is -1.02. The number of nitrogens with zero attached hydrogens (tertiary/aromatic N) is 1. The third kappa shape index (κ3) is 10.2. The zero-order valence-corrected chi connectivity index (χ0v) is 20.1. The molecule has 0 aliphatic carbocycles. The van der Waals surface area contributed by atoms with Gasteiger partial charge in [0.25, 0.3) is 5.56 Å². The van der Waals surface area contributed by atoms with Crippen LogP contribution in [0.2, 0.25) is 0 Å². The van der Waals surface area contributed by atoms with Crippen LogP contribution in [0, 0.1) is 0 Å². The molecule has 33 heavy (non-hydrogen) atoms. The van der Waals surface area contributed by atoms with Crippen LogP contribution >= 0.6 is 7.82 Å². The van der Waals surface area contributed by atoms with Crippen molar-refractivity contribution in [3.63, 3.8) is 0 Å². The van der Waals surface area contributed by atoms with Crippen molar-refractivity contribution in [1.82, 2.24) is 9.55 Å². The quantitative estimate of drug-likeness (QED) is 0.201. The smallest absolute Gasteiger partial charge is 0.390 e. The van der Waals surface area contributed by atoms with Crippen molar-refractivity contribution < 1.29 is 33.5 Å². The fraction of sp³-hybridized carbons (Fsp3) is 0.810. The maximum Gasteiger partial charge on any atom is 0.469 e. The maximum absolute atomic E-state index is 12.2. The number of aliphatic hydroxyl groups is 1. The van der Waals surface area contributed by atoms with E-state index >= 15 is 0 Å². The summed E-state index contributed by atoms with van der Waals surface area (Å²) in [5, 5.41) is 10.1. The van der Waals surface area contributed by atoms with Crippen LogP contribution < -0.4 is 11.2 Å². The molecule has 1 unspecified atom stereocenters. The van der Waals surface area contributed by atoms with E-state index in [4.69, 9.17) is 19.3 Å². The van der Waals surface area contributed by atoms with E-state index < -0.39 is 44.1 Å². The highest BCUT2D eigenvalue weighted by Crippen LogP contribution is 2.38. The molecule has 3 atom stereocenters. The number of phosphoric ester groups is 1. The van der Waals surface area contributed by atoms with E-state index in [1.807, 2.05) is 0 Å². The van der Waals surface area contributed by atoms with Gasteiger partial charge in [0.2, 0.25) is 0 Å². The van der Waals surface area contributed by atoms with Gasteiger partial charge in [0.1, 0.15) is 12.3 Å². The lowest BCUT2D eigenvalue weighted by Gasteiger charge is -2.17. The second kappa shape index (κ2) is 14.2. The van der Waals surface area contributed by atoms with Gasteiger partial charge in [-0.25, -0.2) is 9.36 Å². The Morgan fingerprint density at radius 2 is 1.76 bits per heavy atom. The summed E-state index contributed by atoms with van der Waals surface area (Å²) < 4.78 is 27.5. The molecule has 11 nitrogen and oxygen atoms in total. The minimum absolute atomic E-state index is 0.000122. The summed E-state index contributed by atoms with van der Waals surface area (Å²) in [4.78, 5) is 44.2. The molecule has 1 saturated heterocycles. The minimum atomic E-state index is -4.72. The first-order chi connectivity index (χ1) is 15.7. The highest BCUT2D eigenvalue weighted by Gasteiger charge is 2.37. The van der Waals surface area contributed by atoms with Crippen molar-refractivity contribution in [3.8, 4) is 0 Å². The van der Waals surface area contributed by atoms with Crippen molar-refractivity contribution in [3.05, 3.63) is 32.6 Å². The van der Waals surface area contributed by atoms with Crippen LogP contribution in [-0.4, -0.2) is 49.9 Å². The van der Waals surface area contributed by atoms with Gasteiger partial charge >= 0.3 is 13.5 Å². The Morgan fingerprint density at radius 3 is 2.39 bits per heavy atom. The Labute approximate surface area is 193 Å². The van der Waals surface area contributed by atoms with E-state index in [0.29, 0.717) is 6.61 Å². The van der Waals surface area contributed by atoms with Crippen LogP contribution in [0.4, 0.5) is 0 Å². The zero-order chi connectivity index (χ0) is 24.3. The lowest BCUT2D eigenvalue weighted by atomic mass is 10.1. The topological polar surface area (TPSA) is 160 Å². The van der Waals surface area contributed by atoms with E-state index in [1.54, 1.807) is 0 Å². The molecule has 2 heterocycles. The number of hydrogen-bond acceptors (Lipinski definition) is 7. The average Bonchev–Trinajstić information content (AvgIpc) is 3.11. The summed E-state index contributed by atoms with van der Waals surface area (Å²) in [7, 11) is -4.72. The molecule has 0 radical (unpaired) electrons. The predicted molar refractivity (Wildman–Crippen MR) is 121 cm³/mol. The molecule has 0 amide bonds. The van der Waals surface area contributed by atoms with Gasteiger partial charge < -0.3 is 24.4 Å². The largest absolute Gasteiger partial charge is 0.469 e. The lowest BCUT2D eigenvalue weighted by Crippen LogP contribution is -2.34. The molecule has 0 bridgehead atoms. The van der Waals surface area contributed by atoms with E-state index in [0.717, 1.165) is 23.8 Å². The normalized spacial score (nSPS) is 21.0. The van der Waals surface area contributed by atoms with Gasteiger partial charge in [0.15, 0.2) is 0 Å². The Bertz CT molecular complexity index is 866. The molecule has 1 aliphatic rings. The third-order valence-electron chi connectivity index (χ3n) is 5.61.